The van der Waals surface area contributed by atoms with Crippen LogP contribution in [0.4, 0.5) is 10.5 Å². The van der Waals surface area contributed by atoms with Gasteiger partial charge in [-0.15, -0.1) is 0 Å². The van der Waals surface area contributed by atoms with Crippen molar-refractivity contribution in [2.75, 3.05) is 5.32 Å². The van der Waals surface area contributed by atoms with Crippen LogP contribution in [0.1, 0.15) is 5.56 Å². The summed E-state index contributed by atoms with van der Waals surface area (Å²) in [5, 5.41) is 9.52. The SMILES string of the molecule is O=C(Nc1cccc(-c2ccn[nH]2)c1)OCc1ccccc1. The van der Waals surface area contributed by atoms with E-state index < -0.39 is 6.09 Å². The Bertz CT molecular complexity index is 740. The third kappa shape index (κ3) is 3.52. The molecular weight excluding hydrogens is 278 g/mol. The number of nitrogens with zero attached hydrogens (tertiary/aromatic N) is 1. The molecule has 1 heterocycles. The highest BCUT2D eigenvalue weighted by Crippen LogP contribution is 2.20. The van der Waals surface area contributed by atoms with E-state index in [1.807, 2.05) is 60.7 Å². The van der Waals surface area contributed by atoms with Gasteiger partial charge in [-0.25, -0.2) is 4.79 Å². The molecule has 0 saturated carbocycles. The van der Waals surface area contributed by atoms with E-state index in [0.717, 1.165) is 16.8 Å². The molecule has 0 fully saturated rings. The minimum absolute atomic E-state index is 0.243. The molecule has 0 bridgehead atoms. The van der Waals surface area contributed by atoms with Gasteiger partial charge in [0.05, 0.1) is 5.69 Å². The molecule has 3 rings (SSSR count). The summed E-state index contributed by atoms with van der Waals surface area (Å²) in [5.74, 6) is 0. The predicted octanol–water partition coefficient (Wildman–Crippen LogP) is 3.83. The number of carbonyl (C=O) groups is 1. The standard InChI is InChI=1S/C17H15N3O2/c21-17(22-12-13-5-2-1-3-6-13)19-15-8-4-7-14(11-15)16-9-10-18-20-16/h1-11H,12H2,(H,18,20)(H,19,21). The molecular formula is C17H15N3O2. The Labute approximate surface area is 127 Å². The van der Waals surface area contributed by atoms with Crippen molar-refractivity contribution >= 4 is 11.8 Å². The van der Waals surface area contributed by atoms with Gasteiger partial charge in [-0.3, -0.25) is 10.4 Å². The Kier molecular flexibility index (Phi) is 4.15. The Morgan fingerprint density at radius 2 is 1.95 bits per heavy atom. The van der Waals surface area contributed by atoms with Crippen molar-refractivity contribution in [3.63, 3.8) is 0 Å². The van der Waals surface area contributed by atoms with Crippen molar-refractivity contribution < 1.29 is 9.53 Å². The fourth-order valence-corrected chi connectivity index (χ4v) is 2.06. The highest BCUT2D eigenvalue weighted by Gasteiger charge is 2.05. The van der Waals surface area contributed by atoms with Crippen molar-refractivity contribution in [2.24, 2.45) is 0 Å². The maximum absolute atomic E-state index is 11.8. The summed E-state index contributed by atoms with van der Waals surface area (Å²) in [7, 11) is 0. The second-order valence-corrected chi connectivity index (χ2v) is 4.74. The summed E-state index contributed by atoms with van der Waals surface area (Å²) in [4.78, 5) is 11.8. The number of ether oxygens (including phenoxy) is 1. The highest BCUT2D eigenvalue weighted by molar-refractivity contribution is 5.85. The Balaban J connectivity index is 1.61. The summed E-state index contributed by atoms with van der Waals surface area (Å²) < 4.78 is 5.19. The molecule has 0 aliphatic rings. The molecule has 0 unspecified atom stereocenters. The first kappa shape index (κ1) is 13.9. The summed E-state index contributed by atoms with van der Waals surface area (Å²) in [6, 6.07) is 18.9. The van der Waals surface area contributed by atoms with Gasteiger partial charge in [-0.2, -0.15) is 5.10 Å². The molecule has 5 nitrogen and oxygen atoms in total. The number of amides is 1. The largest absolute Gasteiger partial charge is 0.444 e. The van der Waals surface area contributed by atoms with E-state index in [0.29, 0.717) is 5.69 Å². The lowest BCUT2D eigenvalue weighted by atomic mass is 10.1. The number of benzene rings is 2. The van der Waals surface area contributed by atoms with E-state index in [1.54, 1.807) is 6.20 Å². The molecule has 1 amide bonds. The number of rotatable bonds is 4. The first-order chi connectivity index (χ1) is 10.8. The molecule has 2 aromatic carbocycles. The van der Waals surface area contributed by atoms with Gasteiger partial charge in [0.2, 0.25) is 0 Å². The topological polar surface area (TPSA) is 67.0 Å². The van der Waals surface area contributed by atoms with E-state index in [1.165, 1.54) is 0 Å². The van der Waals surface area contributed by atoms with Crippen molar-refractivity contribution in [1.29, 1.82) is 0 Å². The van der Waals surface area contributed by atoms with Crippen LogP contribution < -0.4 is 5.32 Å². The third-order valence-electron chi connectivity index (χ3n) is 3.13. The Morgan fingerprint density at radius 3 is 2.73 bits per heavy atom. The molecule has 22 heavy (non-hydrogen) atoms. The van der Waals surface area contributed by atoms with Gasteiger partial charge in [0.25, 0.3) is 0 Å². The molecule has 0 radical (unpaired) electrons. The van der Waals surface area contributed by atoms with Gasteiger partial charge in [0.1, 0.15) is 6.61 Å². The molecule has 0 spiro atoms. The Morgan fingerprint density at radius 1 is 1.09 bits per heavy atom. The Hall–Kier alpha value is -3.08. The number of aromatic amines is 1. The van der Waals surface area contributed by atoms with Gasteiger partial charge in [-0.1, -0.05) is 42.5 Å². The maximum Gasteiger partial charge on any atom is 0.411 e. The average Bonchev–Trinajstić information content (AvgIpc) is 3.09. The van der Waals surface area contributed by atoms with E-state index >= 15 is 0 Å². The molecule has 0 aliphatic carbocycles. The van der Waals surface area contributed by atoms with Crippen LogP contribution in [0, 0.1) is 0 Å². The minimum Gasteiger partial charge on any atom is -0.444 e. The van der Waals surface area contributed by atoms with Crippen LogP contribution >= 0.6 is 0 Å². The first-order valence-electron chi connectivity index (χ1n) is 6.89. The zero-order valence-corrected chi connectivity index (χ0v) is 11.8. The molecule has 2 N–H and O–H groups in total. The summed E-state index contributed by atoms with van der Waals surface area (Å²) >= 11 is 0. The van der Waals surface area contributed by atoms with Crippen LogP contribution in [0.3, 0.4) is 0 Å². The van der Waals surface area contributed by atoms with Crippen molar-refractivity contribution in [2.45, 2.75) is 6.61 Å². The molecule has 3 aromatic rings. The number of nitrogens with one attached hydrogen (secondary N) is 2. The van der Waals surface area contributed by atoms with E-state index in [2.05, 4.69) is 15.5 Å². The summed E-state index contributed by atoms with van der Waals surface area (Å²) in [6.07, 6.45) is 1.20. The normalized spacial score (nSPS) is 10.2. The lowest BCUT2D eigenvalue weighted by Gasteiger charge is -2.08. The summed E-state index contributed by atoms with van der Waals surface area (Å²) in [6.45, 7) is 0.243. The number of H-pyrrole nitrogens is 1. The fourth-order valence-electron chi connectivity index (χ4n) is 2.06. The number of hydrogen-bond donors (Lipinski definition) is 2. The maximum atomic E-state index is 11.8. The van der Waals surface area contributed by atoms with Gasteiger partial charge < -0.3 is 4.74 Å². The molecule has 1 aromatic heterocycles. The minimum atomic E-state index is -0.481. The first-order valence-corrected chi connectivity index (χ1v) is 6.89. The lowest BCUT2D eigenvalue weighted by Crippen LogP contribution is -2.13. The van der Waals surface area contributed by atoms with Crippen LogP contribution in [0.5, 0.6) is 0 Å². The predicted molar refractivity (Wildman–Crippen MR) is 84.3 cm³/mol. The zero-order valence-electron chi connectivity index (χ0n) is 11.8. The smallest absolute Gasteiger partial charge is 0.411 e. The summed E-state index contributed by atoms with van der Waals surface area (Å²) in [5.41, 5.74) is 3.45. The number of anilines is 1. The van der Waals surface area contributed by atoms with Gasteiger partial charge in [0, 0.05) is 17.4 Å². The quantitative estimate of drug-likeness (QED) is 0.768. The average molecular weight is 293 g/mol. The van der Waals surface area contributed by atoms with Crippen LogP contribution in [-0.2, 0) is 11.3 Å². The zero-order chi connectivity index (χ0) is 15.2. The van der Waals surface area contributed by atoms with Crippen LogP contribution in [0.2, 0.25) is 0 Å². The van der Waals surface area contributed by atoms with E-state index in [4.69, 9.17) is 4.74 Å². The van der Waals surface area contributed by atoms with Crippen molar-refractivity contribution in [1.82, 2.24) is 10.2 Å². The monoisotopic (exact) mass is 293 g/mol. The highest BCUT2D eigenvalue weighted by atomic mass is 16.5. The molecule has 0 aliphatic heterocycles. The molecule has 0 saturated heterocycles. The second-order valence-electron chi connectivity index (χ2n) is 4.74. The fraction of sp³-hybridized carbons (Fsp3) is 0.0588. The number of carbonyl (C=O) groups excluding carboxylic acids is 1. The lowest BCUT2D eigenvalue weighted by molar-refractivity contribution is 0.155. The third-order valence-corrected chi connectivity index (χ3v) is 3.13. The molecule has 110 valence electrons. The van der Waals surface area contributed by atoms with Gasteiger partial charge >= 0.3 is 6.09 Å². The number of hydrogen-bond acceptors (Lipinski definition) is 3. The van der Waals surface area contributed by atoms with Gasteiger partial charge in [0.15, 0.2) is 0 Å². The van der Waals surface area contributed by atoms with Crippen LogP contribution in [0.15, 0.2) is 66.9 Å². The molecule has 5 heteroatoms. The van der Waals surface area contributed by atoms with Crippen molar-refractivity contribution in [3.05, 3.63) is 72.4 Å². The second kappa shape index (κ2) is 6.58. The van der Waals surface area contributed by atoms with Gasteiger partial charge in [-0.05, 0) is 23.8 Å². The molecule has 0 atom stereocenters. The van der Waals surface area contributed by atoms with E-state index in [9.17, 15) is 4.79 Å². The number of aromatic nitrogens is 2. The van der Waals surface area contributed by atoms with Crippen molar-refractivity contribution in [3.8, 4) is 11.3 Å². The van der Waals surface area contributed by atoms with Crippen LogP contribution in [0.25, 0.3) is 11.3 Å². The van der Waals surface area contributed by atoms with E-state index in [-0.39, 0.29) is 6.61 Å². The van der Waals surface area contributed by atoms with Crippen LogP contribution in [-0.4, -0.2) is 16.3 Å².